The molecule has 4 aliphatic rings. The van der Waals surface area contributed by atoms with E-state index in [-0.39, 0.29) is 13.2 Å². The van der Waals surface area contributed by atoms with Crippen LogP contribution in [0, 0.1) is 11.3 Å². The van der Waals surface area contributed by atoms with E-state index in [9.17, 15) is 66.4 Å². The Morgan fingerprint density at radius 3 is 1.06 bits per heavy atom. The molecule has 4 saturated heterocycles. The zero-order valence-corrected chi connectivity index (χ0v) is 42.5. The summed E-state index contributed by atoms with van der Waals surface area (Å²) in [6, 6.07) is 0. The van der Waals surface area contributed by atoms with Crippen LogP contribution in [0.4, 0.5) is 0 Å². The lowest BCUT2D eigenvalue weighted by Crippen LogP contribution is -2.65. The van der Waals surface area contributed by atoms with E-state index >= 15 is 0 Å². The number of aliphatic hydroxyl groups excluding tert-OH is 13. The van der Waals surface area contributed by atoms with E-state index < -0.39 is 154 Å². The van der Waals surface area contributed by atoms with Gasteiger partial charge in [-0.05, 0) is 12.8 Å². The van der Waals surface area contributed by atoms with E-state index in [0.29, 0.717) is 12.8 Å². The van der Waals surface area contributed by atoms with Crippen LogP contribution in [0.1, 0.15) is 149 Å². The lowest BCUT2D eigenvalue weighted by Gasteiger charge is -2.47. The van der Waals surface area contributed by atoms with Crippen molar-refractivity contribution in [1.29, 1.82) is 0 Å². The Labute approximate surface area is 420 Å². The molecule has 21 heteroatoms. The third kappa shape index (κ3) is 18.1. The number of hydrogen-bond donors (Lipinski definition) is 13. The second-order valence-electron chi connectivity index (χ2n) is 20.7. The number of hydrogen-bond acceptors (Lipinski definition) is 21. The molecule has 4 rings (SSSR count). The molecule has 13 N–H and O–H groups in total. The van der Waals surface area contributed by atoms with E-state index in [2.05, 4.69) is 13.8 Å². The van der Waals surface area contributed by atoms with Crippen molar-refractivity contribution in [3.63, 3.8) is 0 Å². The highest BCUT2D eigenvalue weighted by Crippen LogP contribution is 2.38. The van der Waals surface area contributed by atoms with Crippen LogP contribution >= 0.6 is 0 Å². The van der Waals surface area contributed by atoms with Crippen LogP contribution in [0.3, 0.4) is 0 Å². The molecule has 0 aromatic carbocycles. The summed E-state index contributed by atoms with van der Waals surface area (Å²) in [5, 5.41) is 139. The van der Waals surface area contributed by atoms with Crippen LogP contribution in [-0.4, -0.2) is 223 Å². The van der Waals surface area contributed by atoms with Crippen molar-refractivity contribution in [3.05, 3.63) is 0 Å². The Morgan fingerprint density at radius 2 is 0.676 bits per heavy atom. The van der Waals surface area contributed by atoms with E-state index in [1.807, 2.05) is 0 Å². The molecule has 420 valence electrons. The van der Waals surface area contributed by atoms with Crippen LogP contribution in [0.2, 0.25) is 0 Å². The van der Waals surface area contributed by atoms with Gasteiger partial charge in [0.05, 0.1) is 51.8 Å². The molecule has 21 nitrogen and oxygen atoms in total. The number of aliphatic hydroxyl groups is 13. The van der Waals surface area contributed by atoms with E-state index in [1.165, 1.54) is 38.5 Å². The van der Waals surface area contributed by atoms with Gasteiger partial charge in [0.15, 0.2) is 25.2 Å². The molecular formula is C50H94O21. The zero-order valence-electron chi connectivity index (χ0n) is 42.5. The third-order valence-electron chi connectivity index (χ3n) is 15.0. The average molecular weight is 1030 g/mol. The quantitative estimate of drug-likeness (QED) is 0.0387. The predicted molar refractivity (Wildman–Crippen MR) is 254 cm³/mol. The van der Waals surface area contributed by atoms with Crippen molar-refractivity contribution in [2.24, 2.45) is 11.3 Å². The maximum atomic E-state index is 11.5. The normalized spacial score (nSPS) is 38.2. The molecule has 0 amide bonds. The highest BCUT2D eigenvalue weighted by Gasteiger charge is 2.53. The van der Waals surface area contributed by atoms with Crippen LogP contribution in [0.25, 0.3) is 0 Å². The molecule has 0 aromatic heterocycles. The third-order valence-corrected chi connectivity index (χ3v) is 15.0. The fourth-order valence-corrected chi connectivity index (χ4v) is 10.2. The summed E-state index contributed by atoms with van der Waals surface area (Å²) in [6.45, 7) is 3.04. The van der Waals surface area contributed by atoms with Crippen LogP contribution in [0.5, 0.6) is 0 Å². The molecule has 0 saturated carbocycles. The summed E-state index contributed by atoms with van der Waals surface area (Å²) in [7, 11) is 0. The minimum absolute atomic E-state index is 0.108. The molecule has 0 radical (unpaired) electrons. The van der Waals surface area contributed by atoms with Crippen molar-refractivity contribution in [2.75, 3.05) is 39.6 Å². The molecule has 0 spiro atoms. The van der Waals surface area contributed by atoms with Gasteiger partial charge >= 0.3 is 0 Å². The van der Waals surface area contributed by atoms with Crippen molar-refractivity contribution >= 4 is 0 Å². The Hall–Kier alpha value is -0.840. The smallest absolute Gasteiger partial charge is 0.187 e. The number of unbranched alkanes of at least 4 members (excludes halogenated alkanes) is 16. The van der Waals surface area contributed by atoms with Gasteiger partial charge in [-0.1, -0.05) is 136 Å². The monoisotopic (exact) mass is 1030 g/mol. The van der Waals surface area contributed by atoms with E-state index in [0.717, 1.165) is 77.0 Å². The minimum atomic E-state index is -1.83. The Kier molecular flexibility index (Phi) is 28.9. The minimum Gasteiger partial charge on any atom is -0.394 e. The van der Waals surface area contributed by atoms with Gasteiger partial charge in [0.2, 0.25) is 0 Å². The summed E-state index contributed by atoms with van der Waals surface area (Å²) in [4.78, 5) is 0. The lowest BCUT2D eigenvalue weighted by molar-refractivity contribution is -0.364. The molecule has 0 aliphatic carbocycles. The van der Waals surface area contributed by atoms with Crippen LogP contribution in [0.15, 0.2) is 0 Å². The topological polar surface area (TPSA) is 337 Å². The molecule has 71 heavy (non-hydrogen) atoms. The molecule has 0 bridgehead atoms. The first-order valence-electron chi connectivity index (χ1n) is 26.8. The molecule has 20 atom stereocenters. The maximum Gasteiger partial charge on any atom is 0.187 e. The predicted octanol–water partition coefficient (Wildman–Crippen LogP) is 0.371. The fraction of sp³-hybridized carbons (Fsp3) is 1.00. The molecule has 4 heterocycles. The van der Waals surface area contributed by atoms with Crippen molar-refractivity contribution in [3.8, 4) is 0 Å². The number of ether oxygens (including phenoxy) is 8. The van der Waals surface area contributed by atoms with Gasteiger partial charge in [-0.15, -0.1) is 0 Å². The van der Waals surface area contributed by atoms with Gasteiger partial charge in [0.1, 0.15) is 79.4 Å². The molecule has 0 aromatic rings. The first-order chi connectivity index (χ1) is 34.1. The summed E-state index contributed by atoms with van der Waals surface area (Å²) in [5.41, 5.74) is -0.850. The Morgan fingerprint density at radius 1 is 0.352 bits per heavy atom. The van der Waals surface area contributed by atoms with Gasteiger partial charge in [-0.25, -0.2) is 0 Å². The fourth-order valence-electron chi connectivity index (χ4n) is 10.2. The van der Waals surface area contributed by atoms with Crippen LogP contribution in [-0.2, 0) is 37.9 Å². The second-order valence-corrected chi connectivity index (χ2v) is 20.7. The SMILES string of the molecule is CCCCCCCCCCCC(CCCCCCCCCCC)(CO[C@H]1OC(CO)[C@H](O[C@H]2OC(CO)[C@H](C)C(O)[C@H]2O)C(O)[C@H]1O)CO[C@H]1OC(CO)[C@H](O[C@H]2OC(CO)[C@H](O)C(O)[C@H]2O)C(O)[C@H]1O. The largest absolute Gasteiger partial charge is 0.394 e. The van der Waals surface area contributed by atoms with Gasteiger partial charge in [0, 0.05) is 11.3 Å². The molecular weight excluding hydrogens is 937 g/mol. The van der Waals surface area contributed by atoms with Crippen LogP contribution < -0.4 is 0 Å². The second kappa shape index (κ2) is 32.7. The summed E-state index contributed by atoms with van der Waals surface area (Å²) in [5.74, 6) is -0.653. The van der Waals surface area contributed by atoms with Gasteiger partial charge in [-0.3, -0.25) is 0 Å². The zero-order chi connectivity index (χ0) is 52.1. The maximum absolute atomic E-state index is 11.5. The highest BCUT2D eigenvalue weighted by atomic mass is 16.8. The van der Waals surface area contributed by atoms with E-state index in [1.54, 1.807) is 6.92 Å². The first kappa shape index (κ1) is 62.7. The Bertz CT molecular complexity index is 1280. The van der Waals surface area contributed by atoms with E-state index in [4.69, 9.17) is 37.9 Å². The Balaban J connectivity index is 1.54. The van der Waals surface area contributed by atoms with Gasteiger partial charge < -0.3 is 104 Å². The average Bonchev–Trinajstić information content (AvgIpc) is 3.37. The van der Waals surface area contributed by atoms with Crippen molar-refractivity contribution in [1.82, 2.24) is 0 Å². The lowest BCUT2D eigenvalue weighted by atomic mass is 9.79. The van der Waals surface area contributed by atoms with Gasteiger partial charge in [-0.2, -0.15) is 0 Å². The number of rotatable bonds is 34. The standard InChI is InChI=1S/C50H94O21/c1-4-6-8-10-12-14-16-18-20-22-50(23-21-19-17-15-13-11-9-7-5-2,28-64-46-42(62)38(58)44(33(26-53)68-46)70-48-40(60)35(55)30(3)31(24-51)66-48)29-65-47-43(63)39(59)45(34(27-54)69-47)71-49-41(61)37(57)36(56)32(25-52)67-49/h30-49,51-63H,4-29H2,1-3H3/t30-,31?,32?,33?,34?,35?,36-,37?,38?,39?,40+,41+,42+,43+,44-,45-,46-,47-,48+,49+/m0/s1. The summed E-state index contributed by atoms with van der Waals surface area (Å²) in [6.07, 6.45) is -9.20. The summed E-state index contributed by atoms with van der Waals surface area (Å²) < 4.78 is 47.6. The van der Waals surface area contributed by atoms with Crippen molar-refractivity contribution in [2.45, 2.75) is 266 Å². The first-order valence-corrected chi connectivity index (χ1v) is 26.8. The highest BCUT2D eigenvalue weighted by molar-refractivity contribution is 4.96. The summed E-state index contributed by atoms with van der Waals surface area (Å²) >= 11 is 0. The molecule has 4 aliphatic heterocycles. The molecule has 8 unspecified atom stereocenters. The van der Waals surface area contributed by atoms with Crippen molar-refractivity contribution < 1.29 is 104 Å². The molecule has 4 fully saturated rings. The van der Waals surface area contributed by atoms with Gasteiger partial charge in [0.25, 0.3) is 0 Å².